The van der Waals surface area contributed by atoms with Crippen LogP contribution < -0.4 is 16.0 Å². The number of nitrogens with one attached hydrogen (secondary N) is 3. The highest BCUT2D eigenvalue weighted by atomic mass is 32.1. The summed E-state index contributed by atoms with van der Waals surface area (Å²) in [5.74, 6) is 1.63. The van der Waals surface area contributed by atoms with Gasteiger partial charge in [0.25, 0.3) is 5.91 Å². The Bertz CT molecular complexity index is 949. The van der Waals surface area contributed by atoms with E-state index in [2.05, 4.69) is 21.9 Å². The lowest BCUT2D eigenvalue weighted by Crippen LogP contribution is -2.32. The zero-order valence-electron chi connectivity index (χ0n) is 16.3. The van der Waals surface area contributed by atoms with Crippen LogP contribution in [0.15, 0.2) is 30.3 Å². The van der Waals surface area contributed by atoms with Gasteiger partial charge in [-0.05, 0) is 36.8 Å². The van der Waals surface area contributed by atoms with Crippen molar-refractivity contribution in [3.63, 3.8) is 0 Å². The second kappa shape index (κ2) is 8.72. The lowest BCUT2D eigenvalue weighted by atomic mass is 9.96. The van der Waals surface area contributed by atoms with Crippen molar-refractivity contribution in [3.8, 4) is 12.3 Å². The SMILES string of the molecule is C#Cc1cccc(NC(=O)CNC(=O)c2sc(NC(=O)C(C)(C)C)cc2C)c1. The fourth-order valence-electron chi connectivity index (χ4n) is 2.20. The molecule has 7 heteroatoms. The van der Waals surface area contributed by atoms with Crippen molar-refractivity contribution >= 4 is 39.7 Å². The highest BCUT2D eigenvalue weighted by molar-refractivity contribution is 7.18. The summed E-state index contributed by atoms with van der Waals surface area (Å²) in [6, 6.07) is 8.63. The van der Waals surface area contributed by atoms with E-state index >= 15 is 0 Å². The van der Waals surface area contributed by atoms with E-state index in [9.17, 15) is 14.4 Å². The average molecular weight is 398 g/mol. The number of aryl methyl sites for hydroxylation is 1. The van der Waals surface area contributed by atoms with Crippen molar-refractivity contribution in [2.75, 3.05) is 17.2 Å². The van der Waals surface area contributed by atoms with Crippen molar-refractivity contribution in [2.24, 2.45) is 5.41 Å². The lowest BCUT2D eigenvalue weighted by molar-refractivity contribution is -0.123. The van der Waals surface area contributed by atoms with Gasteiger partial charge in [-0.1, -0.05) is 32.8 Å². The van der Waals surface area contributed by atoms with Crippen LogP contribution in [0, 0.1) is 24.7 Å². The van der Waals surface area contributed by atoms with Crippen LogP contribution in [0.5, 0.6) is 0 Å². The van der Waals surface area contributed by atoms with Gasteiger partial charge in [-0.2, -0.15) is 0 Å². The summed E-state index contributed by atoms with van der Waals surface area (Å²) in [5, 5.41) is 8.68. The fourth-order valence-corrected chi connectivity index (χ4v) is 3.19. The first-order valence-electron chi connectivity index (χ1n) is 8.67. The molecule has 0 aliphatic carbocycles. The zero-order chi connectivity index (χ0) is 20.9. The molecule has 6 nitrogen and oxygen atoms in total. The van der Waals surface area contributed by atoms with Gasteiger partial charge < -0.3 is 16.0 Å². The molecule has 146 valence electrons. The zero-order valence-corrected chi connectivity index (χ0v) is 17.1. The molecule has 0 aliphatic heterocycles. The normalized spacial score (nSPS) is 10.7. The number of thiophene rings is 1. The Morgan fingerprint density at radius 3 is 2.50 bits per heavy atom. The standard InChI is InChI=1S/C21H23N3O3S/c1-6-14-8-7-9-15(11-14)23-16(25)12-22-19(26)18-13(2)10-17(28-18)24-20(27)21(3,4)5/h1,7-11H,12H2,2-5H3,(H,22,26)(H,23,25)(H,24,27). The Labute approximate surface area is 168 Å². The summed E-state index contributed by atoms with van der Waals surface area (Å²) in [4.78, 5) is 37.0. The van der Waals surface area contributed by atoms with Crippen LogP contribution in [0.2, 0.25) is 0 Å². The summed E-state index contributed by atoms with van der Waals surface area (Å²) in [7, 11) is 0. The first-order valence-corrected chi connectivity index (χ1v) is 9.48. The van der Waals surface area contributed by atoms with Crippen LogP contribution in [0.3, 0.4) is 0 Å². The molecule has 0 bridgehead atoms. The Morgan fingerprint density at radius 1 is 1.14 bits per heavy atom. The van der Waals surface area contributed by atoms with Gasteiger partial charge >= 0.3 is 0 Å². The second-order valence-electron chi connectivity index (χ2n) is 7.28. The topological polar surface area (TPSA) is 87.3 Å². The van der Waals surface area contributed by atoms with Crippen LogP contribution in [0.4, 0.5) is 10.7 Å². The van der Waals surface area contributed by atoms with Crippen LogP contribution in [-0.2, 0) is 9.59 Å². The third-order valence-electron chi connectivity index (χ3n) is 3.76. The maximum atomic E-state index is 12.4. The van der Waals surface area contributed by atoms with Gasteiger partial charge in [-0.25, -0.2) is 0 Å². The Kier molecular flexibility index (Phi) is 6.60. The quantitative estimate of drug-likeness (QED) is 0.676. The maximum absolute atomic E-state index is 12.4. The number of terminal acetylenes is 1. The third kappa shape index (κ3) is 5.69. The molecule has 0 fully saturated rings. The van der Waals surface area contributed by atoms with E-state index in [0.29, 0.717) is 21.1 Å². The largest absolute Gasteiger partial charge is 0.342 e. The fraction of sp³-hybridized carbons (Fsp3) is 0.286. The van der Waals surface area contributed by atoms with Crippen LogP contribution in [0.25, 0.3) is 0 Å². The van der Waals surface area contributed by atoms with Crippen molar-refractivity contribution in [1.82, 2.24) is 5.32 Å². The maximum Gasteiger partial charge on any atom is 0.262 e. The monoisotopic (exact) mass is 397 g/mol. The number of carbonyl (C=O) groups is 3. The van der Waals surface area contributed by atoms with E-state index in [-0.39, 0.29) is 24.3 Å². The molecule has 0 saturated carbocycles. The molecule has 1 heterocycles. The van der Waals surface area contributed by atoms with Crippen LogP contribution >= 0.6 is 11.3 Å². The minimum absolute atomic E-state index is 0.130. The minimum Gasteiger partial charge on any atom is -0.342 e. The summed E-state index contributed by atoms with van der Waals surface area (Å²) in [5.41, 5.74) is 1.42. The lowest BCUT2D eigenvalue weighted by Gasteiger charge is -2.16. The molecule has 0 saturated heterocycles. The van der Waals surface area contributed by atoms with Gasteiger partial charge in [-0.3, -0.25) is 14.4 Å². The highest BCUT2D eigenvalue weighted by Gasteiger charge is 2.23. The van der Waals surface area contributed by atoms with Crippen molar-refractivity contribution in [2.45, 2.75) is 27.7 Å². The molecule has 0 spiro atoms. The van der Waals surface area contributed by atoms with Gasteiger partial charge in [0.1, 0.15) is 0 Å². The molecule has 3 N–H and O–H groups in total. The van der Waals surface area contributed by atoms with Crippen LogP contribution in [-0.4, -0.2) is 24.3 Å². The number of benzene rings is 1. The molecular weight excluding hydrogens is 374 g/mol. The molecular formula is C21H23N3O3S. The number of amides is 3. The molecule has 2 rings (SSSR count). The predicted molar refractivity (Wildman–Crippen MR) is 112 cm³/mol. The first kappa shape index (κ1) is 21.2. The van der Waals surface area contributed by atoms with Crippen LogP contribution in [0.1, 0.15) is 41.6 Å². The molecule has 0 atom stereocenters. The number of anilines is 2. The summed E-state index contributed by atoms with van der Waals surface area (Å²) in [6.45, 7) is 7.04. The van der Waals surface area contributed by atoms with Crippen molar-refractivity contribution < 1.29 is 14.4 Å². The molecule has 0 unspecified atom stereocenters. The van der Waals surface area contributed by atoms with E-state index in [1.807, 2.05) is 20.8 Å². The van der Waals surface area contributed by atoms with Crippen molar-refractivity contribution in [3.05, 3.63) is 46.3 Å². The van der Waals surface area contributed by atoms with Gasteiger partial charge in [0.2, 0.25) is 11.8 Å². The Morgan fingerprint density at radius 2 is 1.86 bits per heavy atom. The third-order valence-corrected chi connectivity index (χ3v) is 4.92. The Hall–Kier alpha value is -3.11. The number of hydrogen-bond acceptors (Lipinski definition) is 4. The van der Waals surface area contributed by atoms with E-state index in [0.717, 1.165) is 5.56 Å². The molecule has 1 aromatic carbocycles. The predicted octanol–water partition coefficient (Wildman–Crippen LogP) is 3.39. The summed E-state index contributed by atoms with van der Waals surface area (Å²) < 4.78 is 0. The smallest absolute Gasteiger partial charge is 0.262 e. The number of hydrogen-bond donors (Lipinski definition) is 3. The second-order valence-corrected chi connectivity index (χ2v) is 8.34. The minimum atomic E-state index is -0.533. The first-order chi connectivity index (χ1) is 13.1. The van der Waals surface area contributed by atoms with E-state index in [4.69, 9.17) is 6.42 Å². The molecule has 3 amide bonds. The number of carbonyl (C=O) groups excluding carboxylic acids is 3. The summed E-state index contributed by atoms with van der Waals surface area (Å²) >= 11 is 1.17. The average Bonchev–Trinajstić information content (AvgIpc) is 2.99. The molecule has 2 aromatic rings. The van der Waals surface area contributed by atoms with Gasteiger partial charge in [0, 0.05) is 16.7 Å². The van der Waals surface area contributed by atoms with Gasteiger partial charge in [0.05, 0.1) is 16.4 Å². The Balaban J connectivity index is 1.95. The molecule has 0 aliphatic rings. The van der Waals surface area contributed by atoms with E-state index < -0.39 is 5.41 Å². The number of rotatable bonds is 5. The molecule has 1 aromatic heterocycles. The van der Waals surface area contributed by atoms with Crippen molar-refractivity contribution in [1.29, 1.82) is 0 Å². The molecule has 28 heavy (non-hydrogen) atoms. The van der Waals surface area contributed by atoms with E-state index in [1.54, 1.807) is 37.3 Å². The highest BCUT2D eigenvalue weighted by Crippen LogP contribution is 2.28. The summed E-state index contributed by atoms with van der Waals surface area (Å²) in [6.07, 6.45) is 5.34. The van der Waals surface area contributed by atoms with E-state index in [1.165, 1.54) is 11.3 Å². The molecule has 0 radical (unpaired) electrons. The van der Waals surface area contributed by atoms with Gasteiger partial charge in [0.15, 0.2) is 0 Å². The van der Waals surface area contributed by atoms with Gasteiger partial charge in [-0.15, -0.1) is 17.8 Å².